The molecule has 0 aromatic rings. The molecule has 0 atom stereocenters. The van der Waals surface area contributed by atoms with Crippen LogP contribution < -0.4 is 0 Å². The quantitative estimate of drug-likeness (QED) is 0.423. The Morgan fingerprint density at radius 1 is 1.17 bits per heavy atom. The number of nitriles is 2. The maximum atomic E-state index is 7.56. The molecule has 0 heterocycles. The van der Waals surface area contributed by atoms with Crippen molar-refractivity contribution in [2.24, 2.45) is 0 Å². The van der Waals surface area contributed by atoms with Crippen LogP contribution >= 0.6 is 11.8 Å². The maximum absolute atomic E-state index is 7.56. The van der Waals surface area contributed by atoms with Crippen molar-refractivity contribution >= 4 is 11.8 Å². The fourth-order valence-electron chi connectivity index (χ4n) is 0.0204. The first-order valence-electron chi connectivity index (χ1n) is 0.855. The Labute approximate surface area is 60.3 Å². The molecule has 0 amide bonds. The van der Waals surface area contributed by atoms with Crippen LogP contribution in [0, 0.1) is 21.3 Å². The van der Waals surface area contributed by atoms with E-state index in [2.05, 4.69) is 0 Å². The van der Waals surface area contributed by atoms with E-state index in [4.69, 9.17) is 10.5 Å². The van der Waals surface area contributed by atoms with Gasteiger partial charge < -0.3 is 0 Å². The van der Waals surface area contributed by atoms with Gasteiger partial charge in [0.25, 0.3) is 0 Å². The summed E-state index contributed by atoms with van der Waals surface area (Å²) in [6.45, 7) is 0. The van der Waals surface area contributed by atoms with Gasteiger partial charge in [0.1, 0.15) is 10.8 Å². The molecule has 26 valence electrons. The molecule has 2 nitrogen and oxygen atoms in total. The summed E-state index contributed by atoms with van der Waals surface area (Å²) in [6.07, 6.45) is 0. The predicted octanol–water partition coefficient (Wildman–Crippen LogP) is 0.679. The summed E-state index contributed by atoms with van der Waals surface area (Å²) in [5.74, 6) is 0. The molecule has 0 rings (SSSR count). The largest absolute Gasteiger partial charge is 0.184 e. The SMILES string of the molecule is N#CSC#N.[Cd]. The third-order valence-corrected chi connectivity index (χ3v) is 0.274. The zero-order chi connectivity index (χ0) is 4.12. The molecule has 0 N–H and O–H groups in total. The van der Waals surface area contributed by atoms with Crippen LogP contribution in [0.25, 0.3) is 0 Å². The number of rotatable bonds is 0. The average Bonchev–Trinajstić information content (AvgIpc) is 1.41. The second-order valence-corrected chi connectivity index (χ2v) is 0.854. The minimum Gasteiger partial charge on any atom is -0.184 e. The summed E-state index contributed by atoms with van der Waals surface area (Å²) in [6, 6.07) is 0. The van der Waals surface area contributed by atoms with Crippen molar-refractivity contribution < 1.29 is 27.3 Å². The molecule has 0 aliphatic rings. The number of hydrogen-bond acceptors (Lipinski definition) is 3. The van der Waals surface area contributed by atoms with E-state index in [1.807, 2.05) is 0 Å². The van der Waals surface area contributed by atoms with E-state index in [1.54, 1.807) is 10.8 Å². The average molecular weight is 197 g/mol. The van der Waals surface area contributed by atoms with Gasteiger partial charge in [-0.15, -0.1) is 0 Å². The molecule has 0 radical (unpaired) electrons. The number of thioether (sulfide) groups is 1. The second kappa shape index (κ2) is 8.98. The van der Waals surface area contributed by atoms with Crippen molar-refractivity contribution in [3.8, 4) is 10.8 Å². The van der Waals surface area contributed by atoms with Crippen molar-refractivity contribution in [1.82, 2.24) is 0 Å². The molecule has 4 heteroatoms. The molecule has 6 heavy (non-hydrogen) atoms. The fourth-order valence-corrected chi connectivity index (χ4v) is 0.0612. The Morgan fingerprint density at radius 3 is 1.50 bits per heavy atom. The van der Waals surface area contributed by atoms with Crippen LogP contribution in [0.5, 0.6) is 0 Å². The van der Waals surface area contributed by atoms with Gasteiger partial charge in [0.15, 0.2) is 0 Å². The van der Waals surface area contributed by atoms with Gasteiger partial charge in [0, 0.05) is 27.3 Å². The Morgan fingerprint density at radius 2 is 1.50 bits per heavy atom. The third kappa shape index (κ3) is 8.87. The molecule has 0 aliphatic heterocycles. The van der Waals surface area contributed by atoms with Crippen LogP contribution in [0.3, 0.4) is 0 Å². The molecular formula is C2CdN2S. The summed E-state index contributed by atoms with van der Waals surface area (Å²) in [5, 5.41) is 18.3. The van der Waals surface area contributed by atoms with E-state index in [-0.39, 0.29) is 27.3 Å². The topological polar surface area (TPSA) is 47.6 Å². The van der Waals surface area contributed by atoms with Crippen LogP contribution in [-0.2, 0) is 27.3 Å². The van der Waals surface area contributed by atoms with Gasteiger partial charge in [-0.1, -0.05) is 0 Å². The van der Waals surface area contributed by atoms with Gasteiger partial charge in [-0.3, -0.25) is 0 Å². The van der Waals surface area contributed by atoms with Crippen LogP contribution in [-0.4, -0.2) is 0 Å². The fraction of sp³-hybridized carbons (Fsp3) is 0. The standard InChI is InChI=1S/C2N2S.Cd/c3-1-5-2-4;. The molecule has 0 aromatic heterocycles. The Hall–Kier alpha value is 0.252. The predicted molar refractivity (Wildman–Crippen MR) is 18.8 cm³/mol. The van der Waals surface area contributed by atoms with Crippen LogP contribution in [0.1, 0.15) is 0 Å². The first kappa shape index (κ1) is 9.54. The molecule has 0 aliphatic carbocycles. The molecule has 0 unspecified atom stereocenters. The van der Waals surface area contributed by atoms with E-state index in [9.17, 15) is 0 Å². The van der Waals surface area contributed by atoms with Crippen LogP contribution in [0.2, 0.25) is 0 Å². The Kier molecular flexibility index (Phi) is 14.3. The van der Waals surface area contributed by atoms with Gasteiger partial charge in [-0.2, -0.15) is 10.5 Å². The molecule has 0 bridgehead atoms. The molecule has 0 saturated heterocycles. The van der Waals surface area contributed by atoms with Crippen LogP contribution in [0.4, 0.5) is 0 Å². The number of hydrogen-bond donors (Lipinski definition) is 0. The Bertz CT molecular complexity index is 76.7. The molecule has 0 saturated carbocycles. The second-order valence-electron chi connectivity index (χ2n) is 0.285. The smallest absolute Gasteiger partial charge is 0.149 e. The molecule has 0 fully saturated rings. The van der Waals surface area contributed by atoms with Gasteiger partial charge in [0.2, 0.25) is 0 Å². The zero-order valence-corrected chi connectivity index (χ0v) is 7.86. The summed E-state index contributed by atoms with van der Waals surface area (Å²) in [5.41, 5.74) is 0. The zero-order valence-electron chi connectivity index (χ0n) is 3.01. The minimum absolute atomic E-state index is 0. The van der Waals surface area contributed by atoms with Crippen LogP contribution in [0.15, 0.2) is 0 Å². The molecule has 0 aromatic carbocycles. The van der Waals surface area contributed by atoms with E-state index < -0.39 is 0 Å². The maximum Gasteiger partial charge on any atom is 0.149 e. The summed E-state index contributed by atoms with van der Waals surface area (Å²) >= 11 is 0.574. The normalized spacial score (nSPS) is 3.67. The minimum atomic E-state index is 0. The van der Waals surface area contributed by atoms with Crippen molar-refractivity contribution in [2.75, 3.05) is 0 Å². The number of thiocyanates is 2. The van der Waals surface area contributed by atoms with Gasteiger partial charge in [-0.25, -0.2) is 0 Å². The first-order chi connectivity index (χ1) is 2.41. The van der Waals surface area contributed by atoms with Crippen molar-refractivity contribution in [1.29, 1.82) is 10.5 Å². The number of nitrogens with zero attached hydrogens (tertiary/aromatic N) is 2. The molecule has 0 spiro atoms. The van der Waals surface area contributed by atoms with E-state index in [0.29, 0.717) is 11.8 Å². The summed E-state index contributed by atoms with van der Waals surface area (Å²) in [7, 11) is 0. The van der Waals surface area contributed by atoms with Gasteiger partial charge in [0.05, 0.1) is 11.8 Å². The summed E-state index contributed by atoms with van der Waals surface area (Å²) < 4.78 is 0. The first-order valence-corrected chi connectivity index (χ1v) is 1.67. The van der Waals surface area contributed by atoms with Crippen molar-refractivity contribution in [3.63, 3.8) is 0 Å². The summed E-state index contributed by atoms with van der Waals surface area (Å²) in [4.78, 5) is 0. The third-order valence-electron chi connectivity index (χ3n) is 0.0913. The van der Waals surface area contributed by atoms with E-state index in [1.165, 1.54) is 0 Å². The van der Waals surface area contributed by atoms with Crippen molar-refractivity contribution in [3.05, 3.63) is 0 Å². The van der Waals surface area contributed by atoms with Gasteiger partial charge in [-0.05, 0) is 0 Å². The molecular weight excluding hydrogens is 197 g/mol. The van der Waals surface area contributed by atoms with Gasteiger partial charge >= 0.3 is 0 Å². The monoisotopic (exact) mass is 198 g/mol. The van der Waals surface area contributed by atoms with E-state index >= 15 is 0 Å². The Balaban J connectivity index is 0. The van der Waals surface area contributed by atoms with E-state index in [0.717, 1.165) is 0 Å². The van der Waals surface area contributed by atoms with Crippen molar-refractivity contribution in [2.45, 2.75) is 0 Å².